The van der Waals surface area contributed by atoms with Gasteiger partial charge in [-0.1, -0.05) is 42.0 Å². The molecule has 0 spiro atoms. The van der Waals surface area contributed by atoms with Crippen LogP contribution < -0.4 is 10.1 Å². The maximum atomic E-state index is 5.48. The Morgan fingerprint density at radius 2 is 1.95 bits per heavy atom. The lowest BCUT2D eigenvalue weighted by molar-refractivity contribution is 0.409. The minimum absolute atomic E-state index is 0.814. The molecule has 0 aromatic heterocycles. The van der Waals surface area contributed by atoms with Gasteiger partial charge in [-0.2, -0.15) is 0 Å². The molecular weight excluding hydrogens is 234 g/mol. The fourth-order valence-corrected chi connectivity index (χ4v) is 2.16. The van der Waals surface area contributed by atoms with Crippen LogP contribution in [0.5, 0.6) is 5.75 Å². The van der Waals surface area contributed by atoms with E-state index in [0.717, 1.165) is 18.8 Å². The Kier molecular flexibility index (Phi) is 4.58. The minimum Gasteiger partial charge on any atom is -0.496 e. The number of methoxy groups -OCH3 is 1. The van der Waals surface area contributed by atoms with Crippen molar-refractivity contribution >= 4 is 10.8 Å². The van der Waals surface area contributed by atoms with Crippen molar-refractivity contribution in [2.75, 3.05) is 13.7 Å². The van der Waals surface area contributed by atoms with Gasteiger partial charge in [0.05, 0.1) is 7.11 Å². The minimum atomic E-state index is 0.814. The molecule has 2 nitrogen and oxygen atoms in total. The van der Waals surface area contributed by atoms with Gasteiger partial charge < -0.3 is 10.1 Å². The van der Waals surface area contributed by atoms with E-state index in [4.69, 9.17) is 4.74 Å². The van der Waals surface area contributed by atoms with Crippen molar-refractivity contribution in [3.63, 3.8) is 0 Å². The van der Waals surface area contributed by atoms with Crippen molar-refractivity contribution < 1.29 is 4.74 Å². The van der Waals surface area contributed by atoms with E-state index in [9.17, 15) is 0 Å². The average molecular weight is 255 g/mol. The van der Waals surface area contributed by atoms with Crippen molar-refractivity contribution in [2.24, 2.45) is 0 Å². The second-order valence-corrected chi connectivity index (χ2v) is 4.88. The first-order chi connectivity index (χ1) is 9.22. The van der Waals surface area contributed by atoms with Crippen molar-refractivity contribution in [2.45, 2.75) is 20.4 Å². The van der Waals surface area contributed by atoms with Crippen LogP contribution in [0, 0.1) is 0 Å². The summed E-state index contributed by atoms with van der Waals surface area (Å²) in [5.41, 5.74) is 2.56. The summed E-state index contributed by atoms with van der Waals surface area (Å²) in [6.07, 6.45) is 2.19. The summed E-state index contributed by atoms with van der Waals surface area (Å²) < 4.78 is 5.48. The quantitative estimate of drug-likeness (QED) is 0.646. The van der Waals surface area contributed by atoms with Gasteiger partial charge in [-0.15, -0.1) is 0 Å². The number of hydrogen-bond donors (Lipinski definition) is 1. The Labute approximate surface area is 115 Å². The third-order valence-corrected chi connectivity index (χ3v) is 3.17. The predicted octanol–water partition coefficient (Wildman–Crippen LogP) is 3.90. The second kappa shape index (κ2) is 6.39. The molecule has 0 saturated carbocycles. The smallest absolute Gasteiger partial charge is 0.123 e. The van der Waals surface area contributed by atoms with E-state index in [1.807, 2.05) is 6.07 Å². The van der Waals surface area contributed by atoms with Gasteiger partial charge in [0, 0.05) is 18.7 Å². The lowest BCUT2D eigenvalue weighted by atomic mass is 10.0. The SMILES string of the molecule is COc1ccc2ccccc2c1CNCC=C(C)C. The fourth-order valence-electron chi connectivity index (χ4n) is 2.16. The molecule has 0 amide bonds. The van der Waals surface area contributed by atoms with E-state index in [1.165, 1.54) is 21.9 Å². The predicted molar refractivity (Wildman–Crippen MR) is 81.6 cm³/mol. The highest BCUT2D eigenvalue weighted by atomic mass is 16.5. The maximum absolute atomic E-state index is 5.48. The van der Waals surface area contributed by atoms with E-state index in [0.29, 0.717) is 0 Å². The number of ether oxygens (including phenoxy) is 1. The normalized spacial score (nSPS) is 10.5. The Hall–Kier alpha value is -1.80. The number of rotatable bonds is 5. The number of nitrogens with one attached hydrogen (secondary N) is 1. The lowest BCUT2D eigenvalue weighted by Crippen LogP contribution is -2.14. The summed E-state index contributed by atoms with van der Waals surface area (Å²) in [6.45, 7) is 5.92. The molecular formula is C17H21NO. The molecule has 0 bridgehead atoms. The Morgan fingerprint density at radius 3 is 2.68 bits per heavy atom. The van der Waals surface area contributed by atoms with E-state index in [2.05, 4.69) is 55.6 Å². The van der Waals surface area contributed by atoms with E-state index < -0.39 is 0 Å². The van der Waals surface area contributed by atoms with Crippen LogP contribution in [0.15, 0.2) is 48.0 Å². The first-order valence-corrected chi connectivity index (χ1v) is 6.61. The molecule has 2 aromatic rings. The zero-order valence-corrected chi connectivity index (χ0v) is 11.9. The number of fused-ring (bicyclic) bond motifs is 1. The zero-order valence-electron chi connectivity index (χ0n) is 11.9. The lowest BCUT2D eigenvalue weighted by Gasteiger charge is -2.12. The third kappa shape index (κ3) is 3.36. The molecule has 2 aromatic carbocycles. The molecule has 2 heteroatoms. The van der Waals surface area contributed by atoms with Crippen molar-refractivity contribution in [1.29, 1.82) is 0 Å². The van der Waals surface area contributed by atoms with Gasteiger partial charge in [-0.05, 0) is 30.7 Å². The molecule has 0 saturated heterocycles. The molecule has 2 rings (SSSR count). The van der Waals surface area contributed by atoms with Crippen molar-refractivity contribution in [3.05, 3.63) is 53.6 Å². The summed E-state index contributed by atoms with van der Waals surface area (Å²) in [5.74, 6) is 0.948. The second-order valence-electron chi connectivity index (χ2n) is 4.88. The molecule has 0 atom stereocenters. The monoisotopic (exact) mass is 255 g/mol. The maximum Gasteiger partial charge on any atom is 0.123 e. The number of benzene rings is 2. The summed E-state index contributed by atoms with van der Waals surface area (Å²) in [7, 11) is 1.73. The van der Waals surface area contributed by atoms with Crippen LogP contribution >= 0.6 is 0 Å². The zero-order chi connectivity index (χ0) is 13.7. The molecule has 0 aliphatic rings. The highest BCUT2D eigenvalue weighted by Gasteiger charge is 2.07. The van der Waals surface area contributed by atoms with Gasteiger partial charge in [0.1, 0.15) is 5.75 Å². The number of allylic oxidation sites excluding steroid dienone is 1. The molecule has 100 valence electrons. The Bertz CT molecular complexity index is 583. The van der Waals surface area contributed by atoms with Gasteiger partial charge in [0.2, 0.25) is 0 Å². The highest BCUT2D eigenvalue weighted by Crippen LogP contribution is 2.27. The van der Waals surface area contributed by atoms with E-state index >= 15 is 0 Å². The average Bonchev–Trinajstić information content (AvgIpc) is 2.43. The number of hydrogen-bond acceptors (Lipinski definition) is 2. The molecule has 0 aliphatic heterocycles. The molecule has 0 heterocycles. The van der Waals surface area contributed by atoms with Crippen LogP contribution in [0.1, 0.15) is 19.4 Å². The largest absolute Gasteiger partial charge is 0.496 e. The summed E-state index contributed by atoms with van der Waals surface area (Å²) in [6, 6.07) is 12.6. The Balaban J connectivity index is 2.26. The van der Waals surface area contributed by atoms with E-state index in [1.54, 1.807) is 7.11 Å². The van der Waals surface area contributed by atoms with Crippen molar-refractivity contribution in [3.8, 4) is 5.75 Å². The molecule has 19 heavy (non-hydrogen) atoms. The summed E-state index contributed by atoms with van der Waals surface area (Å²) in [4.78, 5) is 0. The van der Waals surface area contributed by atoms with Crippen LogP contribution in [-0.4, -0.2) is 13.7 Å². The summed E-state index contributed by atoms with van der Waals surface area (Å²) in [5, 5.41) is 5.95. The molecule has 1 N–H and O–H groups in total. The van der Waals surface area contributed by atoms with Gasteiger partial charge in [0.15, 0.2) is 0 Å². The van der Waals surface area contributed by atoms with Crippen LogP contribution in [-0.2, 0) is 6.54 Å². The molecule has 0 aliphatic carbocycles. The van der Waals surface area contributed by atoms with Gasteiger partial charge >= 0.3 is 0 Å². The first-order valence-electron chi connectivity index (χ1n) is 6.61. The topological polar surface area (TPSA) is 21.3 Å². The van der Waals surface area contributed by atoms with Gasteiger partial charge in [-0.3, -0.25) is 0 Å². The van der Waals surface area contributed by atoms with Crippen LogP contribution in [0.2, 0.25) is 0 Å². The van der Waals surface area contributed by atoms with E-state index in [-0.39, 0.29) is 0 Å². The highest BCUT2D eigenvalue weighted by molar-refractivity contribution is 5.87. The fraction of sp³-hybridized carbons (Fsp3) is 0.294. The van der Waals surface area contributed by atoms with Crippen LogP contribution in [0.3, 0.4) is 0 Å². The first kappa shape index (κ1) is 13.6. The molecule has 0 radical (unpaired) electrons. The molecule has 0 fully saturated rings. The van der Waals surface area contributed by atoms with Crippen LogP contribution in [0.25, 0.3) is 10.8 Å². The molecule has 0 unspecified atom stereocenters. The van der Waals surface area contributed by atoms with Gasteiger partial charge in [-0.25, -0.2) is 0 Å². The van der Waals surface area contributed by atoms with Crippen molar-refractivity contribution in [1.82, 2.24) is 5.32 Å². The summed E-state index contributed by atoms with van der Waals surface area (Å²) >= 11 is 0. The Morgan fingerprint density at radius 1 is 1.16 bits per heavy atom. The van der Waals surface area contributed by atoms with Gasteiger partial charge in [0.25, 0.3) is 0 Å². The standard InChI is InChI=1S/C17H21NO/c1-13(2)10-11-18-12-16-15-7-5-4-6-14(15)8-9-17(16)19-3/h4-10,18H,11-12H2,1-3H3. The third-order valence-electron chi connectivity index (χ3n) is 3.17. The van der Waals surface area contributed by atoms with Crippen LogP contribution in [0.4, 0.5) is 0 Å².